The molecule has 0 aliphatic carbocycles. The van der Waals surface area contributed by atoms with Gasteiger partial charge in [-0.1, -0.05) is 6.07 Å². The average molecular weight is 329 g/mol. The van der Waals surface area contributed by atoms with Crippen molar-refractivity contribution in [2.45, 2.75) is 12.8 Å². The van der Waals surface area contributed by atoms with Crippen LogP contribution in [0.4, 0.5) is 17.1 Å². The number of nitrogens with zero attached hydrogens (tertiary/aromatic N) is 1. The van der Waals surface area contributed by atoms with Crippen LogP contribution >= 0.6 is 0 Å². The summed E-state index contributed by atoms with van der Waals surface area (Å²) in [5.74, 6) is 0.612. The molecule has 2 rings (SSSR count). The van der Waals surface area contributed by atoms with Gasteiger partial charge >= 0.3 is 0 Å². The monoisotopic (exact) mass is 329 g/mol. The molecule has 7 heteroatoms. The van der Waals surface area contributed by atoms with Crippen molar-refractivity contribution >= 4 is 23.0 Å². The van der Waals surface area contributed by atoms with Crippen LogP contribution in [0.5, 0.6) is 5.75 Å². The molecule has 0 heterocycles. The van der Waals surface area contributed by atoms with Crippen molar-refractivity contribution < 1.29 is 14.5 Å². The number of hydrogen-bond donors (Lipinski definition) is 2. The number of benzene rings is 2. The lowest BCUT2D eigenvalue weighted by Crippen LogP contribution is -2.13. The number of methoxy groups -OCH3 is 1. The van der Waals surface area contributed by atoms with Gasteiger partial charge in [0, 0.05) is 42.5 Å². The molecule has 0 bridgehead atoms. The maximum atomic E-state index is 11.9. The van der Waals surface area contributed by atoms with E-state index in [0.717, 1.165) is 5.69 Å². The Hall–Kier alpha value is -3.09. The van der Waals surface area contributed by atoms with Crippen molar-refractivity contribution in [1.29, 1.82) is 0 Å². The number of non-ortho nitro benzene ring substituents is 1. The molecule has 7 nitrogen and oxygen atoms in total. The highest BCUT2D eigenvalue weighted by Crippen LogP contribution is 2.17. The van der Waals surface area contributed by atoms with Crippen molar-refractivity contribution in [3.05, 3.63) is 58.6 Å². The number of hydrogen-bond acceptors (Lipinski definition) is 5. The molecule has 0 aliphatic rings. The van der Waals surface area contributed by atoms with Crippen molar-refractivity contribution in [3.8, 4) is 5.75 Å². The molecule has 0 saturated heterocycles. The Morgan fingerprint density at radius 1 is 1.17 bits per heavy atom. The molecule has 0 aliphatic heterocycles. The first-order chi connectivity index (χ1) is 11.6. The van der Waals surface area contributed by atoms with Crippen LogP contribution in [0.1, 0.15) is 12.8 Å². The van der Waals surface area contributed by atoms with Gasteiger partial charge in [-0.3, -0.25) is 14.9 Å². The van der Waals surface area contributed by atoms with Gasteiger partial charge in [-0.2, -0.15) is 0 Å². The van der Waals surface area contributed by atoms with Crippen LogP contribution in [0.15, 0.2) is 48.5 Å². The van der Waals surface area contributed by atoms with Gasteiger partial charge in [-0.25, -0.2) is 0 Å². The molecule has 126 valence electrons. The summed E-state index contributed by atoms with van der Waals surface area (Å²) >= 11 is 0. The summed E-state index contributed by atoms with van der Waals surface area (Å²) in [6.45, 7) is 0.601. The first-order valence-electron chi connectivity index (χ1n) is 7.51. The number of carbonyl (C=O) groups excluding carboxylic acids is 1. The summed E-state index contributed by atoms with van der Waals surface area (Å²) in [6.07, 6.45) is 1.02. The van der Waals surface area contributed by atoms with E-state index in [4.69, 9.17) is 4.74 Å². The van der Waals surface area contributed by atoms with Gasteiger partial charge in [0.2, 0.25) is 5.91 Å². The summed E-state index contributed by atoms with van der Waals surface area (Å²) in [5.41, 5.74) is 1.54. The number of nitro groups is 1. The van der Waals surface area contributed by atoms with E-state index >= 15 is 0 Å². The van der Waals surface area contributed by atoms with Crippen LogP contribution in [-0.4, -0.2) is 24.5 Å². The predicted molar refractivity (Wildman–Crippen MR) is 92.4 cm³/mol. The van der Waals surface area contributed by atoms with Gasteiger partial charge in [0.1, 0.15) is 5.75 Å². The molecule has 24 heavy (non-hydrogen) atoms. The first-order valence-corrected chi connectivity index (χ1v) is 7.51. The third-order valence-corrected chi connectivity index (χ3v) is 3.34. The van der Waals surface area contributed by atoms with E-state index in [1.165, 1.54) is 12.1 Å². The Morgan fingerprint density at radius 3 is 2.58 bits per heavy atom. The maximum Gasteiger partial charge on any atom is 0.269 e. The van der Waals surface area contributed by atoms with E-state index in [1.807, 2.05) is 12.1 Å². The Morgan fingerprint density at radius 2 is 1.92 bits per heavy atom. The number of amides is 1. The van der Waals surface area contributed by atoms with E-state index in [9.17, 15) is 14.9 Å². The lowest BCUT2D eigenvalue weighted by Gasteiger charge is -2.08. The Bertz CT molecular complexity index is 701. The van der Waals surface area contributed by atoms with Crippen LogP contribution in [0, 0.1) is 10.1 Å². The van der Waals surface area contributed by atoms with Gasteiger partial charge in [0.15, 0.2) is 0 Å². The minimum Gasteiger partial charge on any atom is -0.497 e. The summed E-state index contributed by atoms with van der Waals surface area (Å²) in [5, 5.41) is 16.5. The second-order valence-corrected chi connectivity index (χ2v) is 5.11. The molecule has 0 unspecified atom stereocenters. The normalized spacial score (nSPS) is 10.0. The molecule has 0 atom stereocenters. The van der Waals surface area contributed by atoms with Gasteiger partial charge in [-0.15, -0.1) is 0 Å². The van der Waals surface area contributed by atoms with Crippen LogP contribution < -0.4 is 15.4 Å². The Labute approximate surface area is 139 Å². The van der Waals surface area contributed by atoms with E-state index in [2.05, 4.69) is 10.6 Å². The second kappa shape index (κ2) is 8.52. The molecule has 0 spiro atoms. The maximum absolute atomic E-state index is 11.9. The number of ether oxygens (including phenoxy) is 1. The lowest BCUT2D eigenvalue weighted by atomic mass is 10.2. The predicted octanol–water partition coefficient (Wildman–Crippen LogP) is 3.43. The van der Waals surface area contributed by atoms with E-state index in [1.54, 1.807) is 31.4 Å². The smallest absolute Gasteiger partial charge is 0.269 e. The molecular weight excluding hydrogens is 310 g/mol. The highest BCUT2D eigenvalue weighted by molar-refractivity contribution is 5.90. The number of nitro benzene ring substituents is 1. The zero-order chi connectivity index (χ0) is 17.4. The van der Waals surface area contributed by atoms with Crippen LogP contribution in [0.2, 0.25) is 0 Å². The molecular formula is C17H19N3O4. The van der Waals surface area contributed by atoms with Gasteiger partial charge in [0.05, 0.1) is 12.0 Å². The number of nitrogens with one attached hydrogen (secondary N) is 2. The molecule has 2 aromatic rings. The summed E-state index contributed by atoms with van der Waals surface area (Å²) in [6, 6.07) is 13.4. The van der Waals surface area contributed by atoms with Crippen molar-refractivity contribution in [3.63, 3.8) is 0 Å². The molecule has 0 radical (unpaired) electrons. The standard InChI is InChI=1S/C17H19N3O4/c1-24-16-5-2-4-14(12-16)19-17(21)6-3-11-18-13-7-9-15(10-8-13)20(22)23/h2,4-5,7-10,12,18H,3,6,11H2,1H3,(H,19,21). The van der Waals surface area contributed by atoms with Crippen LogP contribution in [0.3, 0.4) is 0 Å². The second-order valence-electron chi connectivity index (χ2n) is 5.11. The molecule has 0 fully saturated rings. The fourth-order valence-corrected chi connectivity index (χ4v) is 2.11. The molecule has 2 aromatic carbocycles. The largest absolute Gasteiger partial charge is 0.497 e. The van der Waals surface area contributed by atoms with Crippen LogP contribution in [-0.2, 0) is 4.79 Å². The molecule has 0 aromatic heterocycles. The summed E-state index contributed by atoms with van der Waals surface area (Å²) in [7, 11) is 1.57. The minimum absolute atomic E-state index is 0.0539. The Kier molecular flexibility index (Phi) is 6.13. The van der Waals surface area contributed by atoms with Crippen molar-refractivity contribution in [2.75, 3.05) is 24.3 Å². The average Bonchev–Trinajstić information content (AvgIpc) is 2.59. The van der Waals surface area contributed by atoms with Gasteiger partial charge in [0.25, 0.3) is 5.69 Å². The van der Waals surface area contributed by atoms with Gasteiger partial charge in [-0.05, 0) is 30.7 Å². The zero-order valence-electron chi connectivity index (χ0n) is 13.3. The van der Waals surface area contributed by atoms with Crippen molar-refractivity contribution in [2.24, 2.45) is 0 Å². The molecule has 0 saturated carbocycles. The first kappa shape index (κ1) is 17.3. The van der Waals surface area contributed by atoms with Gasteiger partial charge < -0.3 is 15.4 Å². The van der Waals surface area contributed by atoms with Crippen molar-refractivity contribution in [1.82, 2.24) is 0 Å². The highest BCUT2D eigenvalue weighted by atomic mass is 16.6. The summed E-state index contributed by atoms with van der Waals surface area (Å²) < 4.78 is 5.10. The zero-order valence-corrected chi connectivity index (χ0v) is 13.3. The van der Waals surface area contributed by atoms with E-state index < -0.39 is 4.92 Å². The Balaban J connectivity index is 1.71. The van der Waals surface area contributed by atoms with E-state index in [0.29, 0.717) is 30.8 Å². The lowest BCUT2D eigenvalue weighted by molar-refractivity contribution is -0.384. The fourth-order valence-electron chi connectivity index (χ4n) is 2.11. The summed E-state index contributed by atoms with van der Waals surface area (Å²) in [4.78, 5) is 22.0. The quantitative estimate of drug-likeness (QED) is 0.439. The third-order valence-electron chi connectivity index (χ3n) is 3.34. The number of carbonyl (C=O) groups is 1. The molecule has 1 amide bonds. The number of rotatable bonds is 8. The van der Waals surface area contributed by atoms with Crippen LogP contribution in [0.25, 0.3) is 0 Å². The highest BCUT2D eigenvalue weighted by Gasteiger charge is 2.05. The topological polar surface area (TPSA) is 93.5 Å². The molecule has 2 N–H and O–H groups in total. The number of anilines is 2. The third kappa shape index (κ3) is 5.28. The SMILES string of the molecule is COc1cccc(NC(=O)CCCNc2ccc([N+](=O)[O-])cc2)c1. The fraction of sp³-hybridized carbons (Fsp3) is 0.235. The minimum atomic E-state index is -0.438. The van der Waals surface area contributed by atoms with E-state index in [-0.39, 0.29) is 11.6 Å².